The average molecular weight is 445 g/mol. The number of nitriles is 1. The maximum atomic E-state index is 12.8. The van der Waals surface area contributed by atoms with Gasteiger partial charge in [0.25, 0.3) is 0 Å². The van der Waals surface area contributed by atoms with E-state index in [9.17, 15) is 10.1 Å². The van der Waals surface area contributed by atoms with Gasteiger partial charge in [0.15, 0.2) is 5.13 Å². The number of aromatic nitrogens is 2. The van der Waals surface area contributed by atoms with Crippen molar-refractivity contribution in [2.24, 2.45) is 10.9 Å². The van der Waals surface area contributed by atoms with Gasteiger partial charge < -0.3 is 9.89 Å². The van der Waals surface area contributed by atoms with E-state index in [-0.39, 0.29) is 6.03 Å². The Morgan fingerprint density at radius 2 is 2.06 bits per heavy atom. The Bertz CT molecular complexity index is 1190. The van der Waals surface area contributed by atoms with E-state index in [1.165, 1.54) is 11.3 Å². The number of pyridine rings is 1. The number of benzene rings is 1. The largest absolute Gasteiger partial charge is 0.324 e. The number of rotatable bonds is 5. The summed E-state index contributed by atoms with van der Waals surface area (Å²) in [5.74, 6) is 0.358. The molecular weight excluding hydrogens is 420 g/mol. The number of urea groups is 1. The van der Waals surface area contributed by atoms with Crippen molar-refractivity contribution in [3.8, 4) is 27.8 Å². The first-order valence-corrected chi connectivity index (χ1v) is 11.2. The van der Waals surface area contributed by atoms with Crippen molar-refractivity contribution in [1.29, 1.82) is 5.26 Å². The maximum Gasteiger partial charge on any atom is 0.323 e. The molecule has 162 valence electrons. The number of hydrogen-bond acceptors (Lipinski definition) is 6. The minimum Gasteiger partial charge on any atom is -0.324 e. The quantitative estimate of drug-likeness (QED) is 0.566. The lowest BCUT2D eigenvalue weighted by Crippen LogP contribution is -2.33. The van der Waals surface area contributed by atoms with Crippen molar-refractivity contribution in [3.63, 3.8) is 0 Å². The minimum atomic E-state index is -0.156. The number of carbonyl (C=O) groups is 1. The summed E-state index contributed by atoms with van der Waals surface area (Å²) >= 11 is 1.43. The van der Waals surface area contributed by atoms with E-state index < -0.39 is 0 Å². The Morgan fingerprint density at radius 1 is 1.28 bits per heavy atom. The number of aliphatic imine (C=N–C) groups is 1. The lowest BCUT2D eigenvalue weighted by atomic mass is 10.0. The molecule has 1 aromatic carbocycles. The second-order valence-electron chi connectivity index (χ2n) is 7.96. The zero-order chi connectivity index (χ0) is 22.7. The van der Waals surface area contributed by atoms with Crippen LogP contribution in [0.1, 0.15) is 23.4 Å². The summed E-state index contributed by atoms with van der Waals surface area (Å²) in [6.45, 7) is 9.51. The molecule has 1 aliphatic rings. The molecule has 0 spiro atoms. The number of amides is 2. The number of hydrogen-bond donors (Lipinski definition) is 1. The van der Waals surface area contributed by atoms with Gasteiger partial charge in [-0.25, -0.2) is 9.78 Å². The summed E-state index contributed by atoms with van der Waals surface area (Å²) in [7, 11) is 0. The summed E-state index contributed by atoms with van der Waals surface area (Å²) in [5.41, 5.74) is 4.95. The van der Waals surface area contributed by atoms with E-state index in [1.807, 2.05) is 44.2 Å². The van der Waals surface area contributed by atoms with Gasteiger partial charge in [-0.1, -0.05) is 23.5 Å². The van der Waals surface area contributed by atoms with Crippen molar-refractivity contribution < 1.29 is 4.79 Å². The molecule has 8 heteroatoms. The third kappa shape index (κ3) is 4.68. The fraction of sp³-hybridized carbons (Fsp3) is 0.292. The van der Waals surface area contributed by atoms with Crippen LogP contribution in [0.3, 0.4) is 0 Å². The van der Waals surface area contributed by atoms with Crippen LogP contribution in [0.2, 0.25) is 0 Å². The van der Waals surface area contributed by atoms with E-state index >= 15 is 0 Å². The Morgan fingerprint density at radius 3 is 2.78 bits per heavy atom. The summed E-state index contributed by atoms with van der Waals surface area (Å²) in [6.07, 6.45) is 0.928. The van der Waals surface area contributed by atoms with Crippen LogP contribution >= 0.6 is 11.3 Å². The van der Waals surface area contributed by atoms with Gasteiger partial charge in [0.05, 0.1) is 22.2 Å². The number of carbonyl (C=O) groups excluding carboxylic acids is 1. The number of nitrogens with one attached hydrogen (secondary N) is 1. The van der Waals surface area contributed by atoms with E-state index in [0.29, 0.717) is 36.2 Å². The van der Waals surface area contributed by atoms with Crippen LogP contribution < -0.4 is 5.32 Å². The van der Waals surface area contributed by atoms with Crippen LogP contribution in [-0.4, -0.2) is 47.3 Å². The highest BCUT2D eigenvalue weighted by atomic mass is 32.1. The second kappa shape index (κ2) is 9.28. The van der Waals surface area contributed by atoms with Gasteiger partial charge in [0.2, 0.25) is 0 Å². The first-order valence-electron chi connectivity index (χ1n) is 10.4. The van der Waals surface area contributed by atoms with Crippen molar-refractivity contribution in [2.75, 3.05) is 25.0 Å². The minimum absolute atomic E-state index is 0.156. The molecular formula is C24H24N6OS. The van der Waals surface area contributed by atoms with Gasteiger partial charge >= 0.3 is 6.03 Å². The standard InChI is InChI=1S/C24H24N6OS/c1-15-9-20(10-16(2)27-15)22-21(19-6-4-5-17(11-19)12-25)28-23(32-22)29-24(31)30-8-7-18(14-30)13-26-3/h4-6,9-11,18H,3,7-8,13-14H2,1-2H3,(H,28,29,31)/t18-/m0/s1. The second-order valence-corrected chi connectivity index (χ2v) is 8.96. The van der Waals surface area contributed by atoms with Crippen LogP contribution in [0.15, 0.2) is 41.4 Å². The molecule has 0 unspecified atom stereocenters. The molecule has 1 saturated heterocycles. The number of aryl methyl sites for hydroxylation is 2. The molecule has 1 fully saturated rings. The SMILES string of the molecule is C=NC[C@@H]1CCN(C(=O)Nc2nc(-c3cccc(C#N)c3)c(-c3cc(C)nc(C)c3)s2)C1. The average Bonchev–Trinajstić information content (AvgIpc) is 3.41. The van der Waals surface area contributed by atoms with Gasteiger partial charge in [0, 0.05) is 36.6 Å². The highest BCUT2D eigenvalue weighted by Gasteiger charge is 2.27. The van der Waals surface area contributed by atoms with Crippen LogP contribution in [0.5, 0.6) is 0 Å². The van der Waals surface area contributed by atoms with E-state index in [4.69, 9.17) is 4.98 Å². The van der Waals surface area contributed by atoms with Crippen molar-refractivity contribution in [3.05, 3.63) is 53.3 Å². The fourth-order valence-corrected chi connectivity index (χ4v) is 4.95. The zero-order valence-corrected chi connectivity index (χ0v) is 18.9. The zero-order valence-electron chi connectivity index (χ0n) is 18.1. The molecule has 0 radical (unpaired) electrons. The van der Waals surface area contributed by atoms with E-state index in [2.05, 4.69) is 28.1 Å². The molecule has 7 nitrogen and oxygen atoms in total. The molecule has 2 aromatic heterocycles. The Hall–Kier alpha value is -3.57. The molecule has 4 rings (SSSR count). The number of nitrogens with zero attached hydrogens (tertiary/aromatic N) is 5. The molecule has 3 heterocycles. The number of anilines is 1. The maximum absolute atomic E-state index is 12.8. The molecule has 32 heavy (non-hydrogen) atoms. The van der Waals surface area contributed by atoms with Crippen LogP contribution in [0.4, 0.5) is 9.93 Å². The van der Waals surface area contributed by atoms with Crippen LogP contribution in [0, 0.1) is 31.1 Å². The lowest BCUT2D eigenvalue weighted by Gasteiger charge is -2.15. The fourth-order valence-electron chi connectivity index (χ4n) is 3.99. The smallest absolute Gasteiger partial charge is 0.323 e. The first kappa shape index (κ1) is 21.7. The van der Waals surface area contributed by atoms with E-state index in [0.717, 1.165) is 39.5 Å². The van der Waals surface area contributed by atoms with Gasteiger partial charge in [-0.05, 0) is 62.7 Å². The van der Waals surface area contributed by atoms with Crippen molar-refractivity contribution >= 4 is 29.2 Å². The van der Waals surface area contributed by atoms with Gasteiger partial charge in [-0.2, -0.15) is 5.26 Å². The molecule has 0 saturated carbocycles. The molecule has 3 aromatic rings. The summed E-state index contributed by atoms with van der Waals surface area (Å²) in [5, 5.41) is 12.8. The van der Waals surface area contributed by atoms with Crippen molar-refractivity contribution in [1.82, 2.24) is 14.9 Å². The first-order chi connectivity index (χ1) is 15.5. The third-order valence-electron chi connectivity index (χ3n) is 5.41. The van der Waals surface area contributed by atoms with Crippen molar-refractivity contribution in [2.45, 2.75) is 20.3 Å². The van der Waals surface area contributed by atoms with Crippen LogP contribution in [-0.2, 0) is 0 Å². The molecule has 1 N–H and O–H groups in total. The summed E-state index contributed by atoms with van der Waals surface area (Å²) in [4.78, 5) is 28.8. The highest BCUT2D eigenvalue weighted by Crippen LogP contribution is 2.39. The third-order valence-corrected chi connectivity index (χ3v) is 6.43. The highest BCUT2D eigenvalue weighted by molar-refractivity contribution is 7.19. The predicted octanol–water partition coefficient (Wildman–Crippen LogP) is 4.92. The Labute approximate surface area is 191 Å². The Kier molecular flexibility index (Phi) is 6.28. The normalized spacial score (nSPS) is 15.4. The molecule has 1 atom stereocenters. The predicted molar refractivity (Wildman–Crippen MR) is 128 cm³/mol. The topological polar surface area (TPSA) is 94.3 Å². The number of likely N-dealkylation sites (tertiary alicyclic amines) is 1. The molecule has 1 aliphatic heterocycles. The van der Waals surface area contributed by atoms with Gasteiger partial charge in [0.1, 0.15) is 0 Å². The van der Waals surface area contributed by atoms with Crippen LogP contribution in [0.25, 0.3) is 21.7 Å². The summed E-state index contributed by atoms with van der Waals surface area (Å²) in [6, 6.07) is 13.4. The summed E-state index contributed by atoms with van der Waals surface area (Å²) < 4.78 is 0. The van der Waals surface area contributed by atoms with Gasteiger partial charge in [-0.3, -0.25) is 10.3 Å². The van der Waals surface area contributed by atoms with Gasteiger partial charge in [-0.15, -0.1) is 0 Å². The molecule has 0 bridgehead atoms. The van der Waals surface area contributed by atoms with E-state index in [1.54, 1.807) is 11.0 Å². The number of thiazole rings is 1. The Balaban J connectivity index is 1.68. The molecule has 0 aliphatic carbocycles. The lowest BCUT2D eigenvalue weighted by molar-refractivity contribution is 0.221. The molecule has 2 amide bonds. The monoisotopic (exact) mass is 444 g/mol.